The summed E-state index contributed by atoms with van der Waals surface area (Å²) >= 11 is 1.42. The molecule has 196 valence electrons. The Labute approximate surface area is 216 Å². The van der Waals surface area contributed by atoms with E-state index in [0.717, 1.165) is 40.6 Å². The molecule has 1 atom stereocenters. The molecule has 0 bridgehead atoms. The van der Waals surface area contributed by atoms with E-state index in [2.05, 4.69) is 16.1 Å². The minimum Gasteiger partial charge on any atom is -0.453 e. The number of rotatable bonds is 5. The lowest BCUT2D eigenvalue weighted by Crippen LogP contribution is -2.40. The van der Waals surface area contributed by atoms with E-state index in [9.17, 15) is 22.8 Å². The second kappa shape index (κ2) is 10.3. The van der Waals surface area contributed by atoms with Crippen LogP contribution in [0.5, 0.6) is 0 Å². The molecule has 0 N–H and O–H groups in total. The molecule has 3 aromatic rings. The van der Waals surface area contributed by atoms with Crippen LogP contribution in [0, 0.1) is 6.92 Å². The van der Waals surface area contributed by atoms with Gasteiger partial charge in [0.15, 0.2) is 11.4 Å². The maximum Gasteiger partial charge on any atom is 0.435 e. The number of hydrogen-bond donors (Lipinski definition) is 0. The molecule has 2 aliphatic rings. The lowest BCUT2D eigenvalue weighted by molar-refractivity contribution is -0.142. The highest BCUT2D eigenvalue weighted by Crippen LogP contribution is 2.34. The number of esters is 1. The molecule has 0 radical (unpaired) electrons. The van der Waals surface area contributed by atoms with Crippen molar-refractivity contribution in [2.24, 2.45) is 0 Å². The van der Waals surface area contributed by atoms with E-state index in [-0.39, 0.29) is 30.2 Å². The average Bonchev–Trinajstić information content (AvgIpc) is 3.52. The van der Waals surface area contributed by atoms with Gasteiger partial charge in [-0.1, -0.05) is 24.3 Å². The highest BCUT2D eigenvalue weighted by Gasteiger charge is 2.35. The smallest absolute Gasteiger partial charge is 0.435 e. The van der Waals surface area contributed by atoms with Crippen LogP contribution in [0.3, 0.4) is 0 Å². The van der Waals surface area contributed by atoms with Gasteiger partial charge in [0.1, 0.15) is 12.6 Å². The third-order valence-electron chi connectivity index (χ3n) is 7.05. The second-order valence-electron chi connectivity index (χ2n) is 9.54. The molecule has 1 aliphatic carbocycles. The number of aromatic nitrogens is 3. The molecule has 0 saturated carbocycles. The Morgan fingerprint density at radius 1 is 1.16 bits per heavy atom. The van der Waals surface area contributed by atoms with Gasteiger partial charge in [0.25, 0.3) is 0 Å². The quantitative estimate of drug-likeness (QED) is 0.417. The lowest BCUT2D eigenvalue weighted by atomic mass is 9.89. The number of ether oxygens (including phenoxy) is 1. The summed E-state index contributed by atoms with van der Waals surface area (Å²) in [6.07, 6.45) is -0.729. The number of benzene rings is 1. The zero-order valence-corrected chi connectivity index (χ0v) is 21.1. The van der Waals surface area contributed by atoms with Crippen LogP contribution in [-0.4, -0.2) is 44.6 Å². The van der Waals surface area contributed by atoms with E-state index >= 15 is 0 Å². The fourth-order valence-corrected chi connectivity index (χ4v) is 5.96. The summed E-state index contributed by atoms with van der Waals surface area (Å²) in [6, 6.07) is 8.98. The molecular weight excluding hydrogens is 505 g/mol. The number of piperidine rings is 1. The number of carbonyl (C=O) groups excluding carboxylic acids is 2. The van der Waals surface area contributed by atoms with Crippen molar-refractivity contribution in [3.8, 4) is 0 Å². The molecule has 1 fully saturated rings. The number of thiazole rings is 1. The Bertz CT molecular complexity index is 1290. The molecule has 7 nitrogen and oxygen atoms in total. The van der Waals surface area contributed by atoms with Crippen LogP contribution in [-0.2, 0) is 28.7 Å². The summed E-state index contributed by atoms with van der Waals surface area (Å²) in [5.41, 5.74) is 1.87. The fourth-order valence-electron chi connectivity index (χ4n) is 5.00. The molecular formula is C26H27F3N4O3S. The molecule has 37 heavy (non-hydrogen) atoms. The summed E-state index contributed by atoms with van der Waals surface area (Å²) < 4.78 is 45.6. The minimum absolute atomic E-state index is 0.106. The number of nitrogens with zero attached hydrogens (tertiary/aromatic N) is 4. The molecule has 5 rings (SSSR count). The van der Waals surface area contributed by atoms with Crippen molar-refractivity contribution >= 4 is 23.2 Å². The van der Waals surface area contributed by atoms with Gasteiger partial charge < -0.3 is 9.64 Å². The molecule has 1 aliphatic heterocycles. The van der Waals surface area contributed by atoms with E-state index < -0.39 is 17.8 Å². The van der Waals surface area contributed by atoms with E-state index in [4.69, 9.17) is 4.74 Å². The molecule has 1 amide bonds. The largest absolute Gasteiger partial charge is 0.453 e. The highest BCUT2D eigenvalue weighted by atomic mass is 32.1. The summed E-state index contributed by atoms with van der Waals surface area (Å²) in [6.45, 7) is 2.20. The van der Waals surface area contributed by atoms with Gasteiger partial charge >= 0.3 is 12.1 Å². The van der Waals surface area contributed by atoms with Gasteiger partial charge in [-0.25, -0.2) is 9.78 Å². The van der Waals surface area contributed by atoms with E-state index in [1.807, 2.05) is 18.2 Å². The molecule has 0 spiro atoms. The number of fused-ring (bicyclic) bond motifs is 1. The lowest BCUT2D eigenvalue weighted by Gasteiger charge is -2.31. The first kappa shape index (κ1) is 25.4. The van der Waals surface area contributed by atoms with Crippen molar-refractivity contribution in [2.75, 3.05) is 13.1 Å². The summed E-state index contributed by atoms with van der Waals surface area (Å²) in [5.74, 6) is -0.589. The van der Waals surface area contributed by atoms with Crippen LogP contribution >= 0.6 is 11.3 Å². The fraction of sp³-hybridized carbons (Fsp3) is 0.462. The Morgan fingerprint density at radius 3 is 2.65 bits per heavy atom. The predicted molar refractivity (Wildman–Crippen MR) is 130 cm³/mol. The van der Waals surface area contributed by atoms with E-state index in [1.54, 1.807) is 10.3 Å². The molecule has 1 aromatic carbocycles. The average molecular weight is 533 g/mol. The van der Waals surface area contributed by atoms with Crippen molar-refractivity contribution in [3.63, 3.8) is 0 Å². The third-order valence-corrected chi connectivity index (χ3v) is 8.06. The third kappa shape index (κ3) is 5.56. The van der Waals surface area contributed by atoms with Crippen molar-refractivity contribution in [1.82, 2.24) is 19.7 Å². The summed E-state index contributed by atoms with van der Waals surface area (Å²) in [7, 11) is 0. The normalized spacial score (nSPS) is 18.5. The topological polar surface area (TPSA) is 77.3 Å². The Balaban J connectivity index is 1.15. The van der Waals surface area contributed by atoms with Crippen LogP contribution in [0.25, 0.3) is 0 Å². The first-order valence-electron chi connectivity index (χ1n) is 12.3. The Kier molecular flexibility index (Phi) is 7.06. The SMILES string of the molecule is Cc1cc(C(F)(F)F)nn1CC(=O)N1CCC(c2nc(C(=O)O[C@@H]3CCCc4ccccc43)cs2)CC1. The van der Waals surface area contributed by atoms with Gasteiger partial charge in [-0.05, 0) is 56.2 Å². The summed E-state index contributed by atoms with van der Waals surface area (Å²) in [4.78, 5) is 31.7. The van der Waals surface area contributed by atoms with Crippen molar-refractivity contribution in [2.45, 2.75) is 63.8 Å². The van der Waals surface area contributed by atoms with Crippen molar-refractivity contribution < 1.29 is 27.5 Å². The molecule has 2 aromatic heterocycles. The van der Waals surface area contributed by atoms with Gasteiger partial charge in [-0.15, -0.1) is 11.3 Å². The molecule has 1 saturated heterocycles. The maximum absolute atomic E-state index is 12.9. The Hall–Kier alpha value is -3.21. The van der Waals surface area contributed by atoms with Gasteiger partial charge in [-0.2, -0.15) is 18.3 Å². The van der Waals surface area contributed by atoms with Gasteiger partial charge in [0.2, 0.25) is 5.91 Å². The zero-order chi connectivity index (χ0) is 26.2. The van der Waals surface area contributed by atoms with Crippen LogP contribution in [0.2, 0.25) is 0 Å². The van der Waals surface area contributed by atoms with Crippen LogP contribution in [0.15, 0.2) is 35.7 Å². The van der Waals surface area contributed by atoms with Crippen LogP contribution < -0.4 is 0 Å². The number of amides is 1. The van der Waals surface area contributed by atoms with Gasteiger partial charge in [0, 0.05) is 30.1 Å². The monoisotopic (exact) mass is 532 g/mol. The maximum atomic E-state index is 12.9. The zero-order valence-electron chi connectivity index (χ0n) is 20.3. The highest BCUT2D eigenvalue weighted by molar-refractivity contribution is 7.09. The molecule has 3 heterocycles. The standard InChI is InChI=1S/C26H27F3N4O3S/c1-16-13-22(26(27,28)29)31-33(16)14-23(34)32-11-9-18(10-12-32)24-30-20(15-37-24)25(35)36-21-8-4-6-17-5-2-3-7-19(17)21/h2-3,5,7,13,15,18,21H,4,6,8-12,14H2,1H3/t21-/m1/s1. The first-order chi connectivity index (χ1) is 17.7. The van der Waals surface area contributed by atoms with Crippen molar-refractivity contribution in [1.29, 1.82) is 0 Å². The minimum atomic E-state index is -4.54. The van der Waals surface area contributed by atoms with Crippen molar-refractivity contribution in [3.05, 3.63) is 68.9 Å². The van der Waals surface area contributed by atoms with Crippen LogP contribution in [0.4, 0.5) is 13.2 Å². The van der Waals surface area contributed by atoms with E-state index in [0.29, 0.717) is 31.6 Å². The first-order valence-corrected chi connectivity index (χ1v) is 13.2. The number of likely N-dealkylation sites (tertiary alicyclic amines) is 1. The number of aryl methyl sites for hydroxylation is 2. The predicted octanol–water partition coefficient (Wildman–Crippen LogP) is 5.31. The molecule has 11 heteroatoms. The van der Waals surface area contributed by atoms with Gasteiger partial charge in [0.05, 0.1) is 5.01 Å². The number of halogens is 3. The van der Waals surface area contributed by atoms with Crippen LogP contribution in [0.1, 0.15) is 75.7 Å². The molecule has 0 unspecified atom stereocenters. The number of alkyl halides is 3. The Morgan fingerprint density at radius 2 is 1.92 bits per heavy atom. The second-order valence-corrected chi connectivity index (χ2v) is 10.4. The van der Waals surface area contributed by atoms with Gasteiger partial charge in [-0.3, -0.25) is 9.48 Å². The summed E-state index contributed by atoms with van der Waals surface area (Å²) in [5, 5.41) is 6.10. The number of carbonyl (C=O) groups is 2. The number of hydrogen-bond acceptors (Lipinski definition) is 6. The van der Waals surface area contributed by atoms with E-state index in [1.165, 1.54) is 23.8 Å².